The van der Waals surface area contributed by atoms with E-state index < -0.39 is 0 Å². The first kappa shape index (κ1) is 19.0. The van der Waals surface area contributed by atoms with E-state index in [9.17, 15) is 10.2 Å². The predicted octanol–water partition coefficient (Wildman–Crippen LogP) is 4.08. The second kappa shape index (κ2) is 8.64. The number of allylic oxidation sites excluding steroid dienone is 2. The maximum absolute atomic E-state index is 9.81. The van der Waals surface area contributed by atoms with Gasteiger partial charge in [0.1, 0.15) is 0 Å². The van der Waals surface area contributed by atoms with Gasteiger partial charge in [-0.15, -0.1) is 0 Å². The smallest absolute Gasteiger partial charge is 0.0659 e. The second-order valence-electron chi connectivity index (χ2n) is 8.28. The molecule has 0 radical (unpaired) electrons. The largest absolute Gasteiger partial charge is 0.396 e. The summed E-state index contributed by atoms with van der Waals surface area (Å²) in [4.78, 5) is 0. The molecule has 2 aliphatic rings. The molecule has 0 aromatic carbocycles. The van der Waals surface area contributed by atoms with Crippen molar-refractivity contribution in [3.8, 4) is 0 Å². The first-order chi connectivity index (χ1) is 11.0. The zero-order valence-electron chi connectivity index (χ0n) is 15.3. The lowest BCUT2D eigenvalue weighted by molar-refractivity contribution is -0.0637. The number of hydrogen-bond donors (Lipinski definition) is 2. The standard InChI is InChI=1S/C20H36O3/c1-15-6-4-7-16(13-21)8-5-9-17(14-22)19-12-18(11-10-15)20(2,3)23-19/h6,16-19,21-22H,4-5,7-14H2,1-3H3. The molecule has 2 N–H and O–H groups in total. The van der Waals surface area contributed by atoms with Crippen LogP contribution in [0.2, 0.25) is 0 Å². The minimum absolute atomic E-state index is 0.0772. The first-order valence-electron chi connectivity index (χ1n) is 9.51. The fraction of sp³-hybridized carbons (Fsp3) is 0.900. The highest BCUT2D eigenvalue weighted by molar-refractivity contribution is 5.01. The Kier molecular flexibility index (Phi) is 7.12. The van der Waals surface area contributed by atoms with Crippen molar-refractivity contribution in [3.05, 3.63) is 11.6 Å². The summed E-state index contributed by atoms with van der Waals surface area (Å²) in [7, 11) is 0. The molecular weight excluding hydrogens is 288 g/mol. The Morgan fingerprint density at radius 2 is 1.91 bits per heavy atom. The lowest BCUT2D eigenvalue weighted by Gasteiger charge is -2.27. The fourth-order valence-electron chi connectivity index (χ4n) is 4.31. The average molecular weight is 325 g/mol. The minimum Gasteiger partial charge on any atom is -0.396 e. The number of ether oxygens (including phenoxy) is 1. The van der Waals surface area contributed by atoms with Crippen LogP contribution in [-0.2, 0) is 4.74 Å². The van der Waals surface area contributed by atoms with Gasteiger partial charge < -0.3 is 14.9 Å². The van der Waals surface area contributed by atoms with Crippen LogP contribution in [0.1, 0.15) is 72.1 Å². The molecular formula is C20H36O3. The van der Waals surface area contributed by atoms with Crippen LogP contribution in [0.15, 0.2) is 11.6 Å². The molecule has 4 atom stereocenters. The van der Waals surface area contributed by atoms with E-state index in [0.29, 0.717) is 11.8 Å². The third-order valence-corrected chi connectivity index (χ3v) is 6.12. The van der Waals surface area contributed by atoms with Crippen LogP contribution >= 0.6 is 0 Å². The minimum atomic E-state index is -0.0772. The zero-order valence-corrected chi connectivity index (χ0v) is 15.3. The predicted molar refractivity (Wildman–Crippen MR) is 94.3 cm³/mol. The van der Waals surface area contributed by atoms with Crippen molar-refractivity contribution in [1.82, 2.24) is 0 Å². The SMILES string of the molecule is CC1=CCCC(CO)CCCC(CO)C2CC(CC1)C(C)(C)O2. The number of aliphatic hydroxyl groups is 2. The Labute approximate surface area is 142 Å². The Hall–Kier alpha value is -0.380. The van der Waals surface area contributed by atoms with Crippen molar-refractivity contribution in [3.63, 3.8) is 0 Å². The van der Waals surface area contributed by atoms with Gasteiger partial charge in [-0.1, -0.05) is 18.1 Å². The van der Waals surface area contributed by atoms with E-state index in [4.69, 9.17) is 4.74 Å². The molecule has 134 valence electrons. The zero-order chi connectivity index (χ0) is 16.9. The highest BCUT2D eigenvalue weighted by atomic mass is 16.5. The van der Waals surface area contributed by atoms with Crippen molar-refractivity contribution >= 4 is 0 Å². The lowest BCUT2D eigenvalue weighted by atomic mass is 9.82. The van der Waals surface area contributed by atoms with Crippen LogP contribution in [0.5, 0.6) is 0 Å². The van der Waals surface area contributed by atoms with Gasteiger partial charge in [0.25, 0.3) is 0 Å². The van der Waals surface area contributed by atoms with Gasteiger partial charge >= 0.3 is 0 Å². The van der Waals surface area contributed by atoms with E-state index >= 15 is 0 Å². The van der Waals surface area contributed by atoms with E-state index in [1.165, 1.54) is 12.0 Å². The van der Waals surface area contributed by atoms with Crippen molar-refractivity contribution in [1.29, 1.82) is 0 Å². The van der Waals surface area contributed by atoms with Crippen molar-refractivity contribution in [2.45, 2.75) is 83.8 Å². The highest BCUT2D eigenvalue weighted by Gasteiger charge is 2.43. The topological polar surface area (TPSA) is 49.7 Å². The molecule has 4 unspecified atom stereocenters. The maximum atomic E-state index is 9.81. The molecule has 1 saturated heterocycles. The van der Waals surface area contributed by atoms with Crippen LogP contribution in [0.3, 0.4) is 0 Å². The molecule has 3 heteroatoms. The van der Waals surface area contributed by atoms with Crippen LogP contribution < -0.4 is 0 Å². The number of aliphatic hydroxyl groups excluding tert-OH is 2. The summed E-state index contributed by atoms with van der Waals surface area (Å²) < 4.78 is 6.35. The van der Waals surface area contributed by atoms with Crippen LogP contribution in [0, 0.1) is 17.8 Å². The van der Waals surface area contributed by atoms with Crippen molar-refractivity contribution in [2.24, 2.45) is 17.8 Å². The van der Waals surface area contributed by atoms with Gasteiger partial charge in [0, 0.05) is 19.1 Å². The van der Waals surface area contributed by atoms with E-state index in [-0.39, 0.29) is 30.8 Å². The summed E-state index contributed by atoms with van der Waals surface area (Å²) in [6.07, 6.45) is 11.2. The van der Waals surface area contributed by atoms with Gasteiger partial charge in [-0.2, -0.15) is 0 Å². The Bertz CT molecular complexity index is 388. The molecule has 1 heterocycles. The lowest BCUT2D eigenvalue weighted by Crippen LogP contribution is -2.30. The molecule has 0 aromatic heterocycles. The van der Waals surface area contributed by atoms with Gasteiger partial charge in [-0.25, -0.2) is 0 Å². The molecule has 23 heavy (non-hydrogen) atoms. The summed E-state index contributed by atoms with van der Waals surface area (Å²) in [5.74, 6) is 1.23. The molecule has 0 saturated carbocycles. The molecule has 1 aliphatic heterocycles. The molecule has 3 nitrogen and oxygen atoms in total. The molecule has 0 amide bonds. The monoisotopic (exact) mass is 324 g/mol. The molecule has 0 spiro atoms. The molecule has 1 fully saturated rings. The third-order valence-electron chi connectivity index (χ3n) is 6.12. The van der Waals surface area contributed by atoms with Gasteiger partial charge in [0.15, 0.2) is 0 Å². The van der Waals surface area contributed by atoms with Gasteiger partial charge in [-0.3, -0.25) is 0 Å². The third kappa shape index (κ3) is 5.30. The van der Waals surface area contributed by atoms with E-state index in [1.54, 1.807) is 0 Å². The van der Waals surface area contributed by atoms with E-state index in [0.717, 1.165) is 44.9 Å². The van der Waals surface area contributed by atoms with Crippen molar-refractivity contribution in [2.75, 3.05) is 13.2 Å². The quantitative estimate of drug-likeness (QED) is 0.753. The van der Waals surface area contributed by atoms with Crippen LogP contribution in [0.25, 0.3) is 0 Å². The summed E-state index contributed by atoms with van der Waals surface area (Å²) in [5.41, 5.74) is 1.39. The Balaban J connectivity index is 2.08. The van der Waals surface area contributed by atoms with Gasteiger partial charge in [-0.05, 0) is 77.6 Å². The number of hydrogen-bond acceptors (Lipinski definition) is 3. The number of fused-ring (bicyclic) bond motifs is 2. The van der Waals surface area contributed by atoms with Crippen LogP contribution in [-0.4, -0.2) is 35.1 Å². The first-order valence-corrected chi connectivity index (χ1v) is 9.51. The number of rotatable bonds is 2. The van der Waals surface area contributed by atoms with Gasteiger partial charge in [0.05, 0.1) is 11.7 Å². The molecule has 2 rings (SSSR count). The summed E-state index contributed by atoms with van der Waals surface area (Å²) in [5, 5.41) is 19.4. The summed E-state index contributed by atoms with van der Waals surface area (Å²) in [6, 6.07) is 0. The second-order valence-corrected chi connectivity index (χ2v) is 8.28. The normalized spacial score (nSPS) is 36.3. The summed E-state index contributed by atoms with van der Waals surface area (Å²) >= 11 is 0. The van der Waals surface area contributed by atoms with Crippen molar-refractivity contribution < 1.29 is 14.9 Å². The maximum Gasteiger partial charge on any atom is 0.0659 e. The van der Waals surface area contributed by atoms with Gasteiger partial charge in [0.2, 0.25) is 0 Å². The summed E-state index contributed by atoms with van der Waals surface area (Å²) in [6.45, 7) is 7.16. The Morgan fingerprint density at radius 1 is 1.13 bits per heavy atom. The molecule has 2 bridgehead atoms. The van der Waals surface area contributed by atoms with E-state index in [1.807, 2.05) is 0 Å². The fourth-order valence-corrected chi connectivity index (χ4v) is 4.31. The highest BCUT2D eigenvalue weighted by Crippen LogP contribution is 2.42. The van der Waals surface area contributed by atoms with E-state index in [2.05, 4.69) is 26.8 Å². The molecule has 0 aromatic rings. The van der Waals surface area contributed by atoms with Crippen LogP contribution in [0.4, 0.5) is 0 Å². The Morgan fingerprint density at radius 3 is 2.61 bits per heavy atom. The molecule has 1 aliphatic carbocycles. The average Bonchev–Trinajstić information content (AvgIpc) is 2.81.